The lowest BCUT2D eigenvalue weighted by Crippen LogP contribution is -2.36. The van der Waals surface area contributed by atoms with Gasteiger partial charge in [-0.2, -0.15) is 0 Å². The van der Waals surface area contributed by atoms with E-state index in [2.05, 4.69) is 14.7 Å². The van der Waals surface area contributed by atoms with Gasteiger partial charge in [-0.15, -0.1) is 0 Å². The van der Waals surface area contributed by atoms with Crippen molar-refractivity contribution in [2.45, 2.75) is 31.7 Å². The molecule has 0 aliphatic rings. The van der Waals surface area contributed by atoms with Crippen LogP contribution in [-0.4, -0.2) is 24.4 Å². The van der Waals surface area contributed by atoms with Crippen LogP contribution in [0.3, 0.4) is 0 Å². The standard InChI is InChI=1S/C21H23FN4O2S/c1-13(2)14(3)26-29(27,28)20-7-5-4-6-16(20)15-8-9-17(18(22)10-15)19-11-25-21(23)12-24-19/h4-14,26H,1-3H3,(H2,23,25). The molecule has 0 saturated heterocycles. The molecule has 152 valence electrons. The molecule has 0 fully saturated rings. The van der Waals surface area contributed by atoms with E-state index in [1.54, 1.807) is 30.3 Å². The van der Waals surface area contributed by atoms with Gasteiger partial charge in [0.15, 0.2) is 0 Å². The second-order valence-corrected chi connectivity index (χ2v) is 8.85. The van der Waals surface area contributed by atoms with Crippen molar-refractivity contribution >= 4 is 15.8 Å². The summed E-state index contributed by atoms with van der Waals surface area (Å²) in [6.45, 7) is 5.69. The minimum absolute atomic E-state index is 0.104. The quantitative estimate of drug-likeness (QED) is 0.638. The molecule has 3 rings (SSSR count). The highest BCUT2D eigenvalue weighted by molar-refractivity contribution is 7.89. The number of sulfonamides is 1. The number of aromatic nitrogens is 2. The van der Waals surface area contributed by atoms with Gasteiger partial charge in [0, 0.05) is 17.2 Å². The lowest BCUT2D eigenvalue weighted by Gasteiger charge is -2.19. The molecule has 3 aromatic rings. The van der Waals surface area contributed by atoms with Crippen LogP contribution in [0.15, 0.2) is 59.8 Å². The lowest BCUT2D eigenvalue weighted by molar-refractivity contribution is 0.476. The van der Waals surface area contributed by atoms with E-state index >= 15 is 0 Å². The van der Waals surface area contributed by atoms with E-state index in [0.29, 0.717) is 16.8 Å². The van der Waals surface area contributed by atoms with Crippen molar-refractivity contribution in [3.05, 3.63) is 60.7 Å². The molecule has 0 radical (unpaired) electrons. The minimum Gasteiger partial charge on any atom is -0.382 e. The molecule has 29 heavy (non-hydrogen) atoms. The van der Waals surface area contributed by atoms with Gasteiger partial charge in [-0.25, -0.2) is 22.5 Å². The summed E-state index contributed by atoms with van der Waals surface area (Å²) >= 11 is 0. The van der Waals surface area contributed by atoms with Crippen molar-refractivity contribution in [1.82, 2.24) is 14.7 Å². The number of nitrogens with two attached hydrogens (primary N) is 1. The first-order valence-corrected chi connectivity index (χ1v) is 10.7. The van der Waals surface area contributed by atoms with Gasteiger partial charge in [-0.05, 0) is 36.6 Å². The van der Waals surface area contributed by atoms with Gasteiger partial charge in [-0.3, -0.25) is 4.98 Å². The molecule has 0 aliphatic carbocycles. The Hall–Kier alpha value is -2.84. The fraction of sp³-hybridized carbons (Fsp3) is 0.238. The largest absolute Gasteiger partial charge is 0.382 e. The van der Waals surface area contributed by atoms with Crippen molar-refractivity contribution in [3.63, 3.8) is 0 Å². The molecular weight excluding hydrogens is 391 g/mol. The summed E-state index contributed by atoms with van der Waals surface area (Å²) in [5.41, 5.74) is 7.00. The van der Waals surface area contributed by atoms with E-state index in [1.165, 1.54) is 24.5 Å². The molecule has 2 aromatic carbocycles. The van der Waals surface area contributed by atoms with E-state index in [1.807, 2.05) is 20.8 Å². The number of rotatable bonds is 6. The van der Waals surface area contributed by atoms with Gasteiger partial charge < -0.3 is 5.73 Å². The molecule has 1 atom stereocenters. The zero-order chi connectivity index (χ0) is 21.2. The van der Waals surface area contributed by atoms with Crippen LogP contribution in [0.4, 0.5) is 10.2 Å². The predicted molar refractivity (Wildman–Crippen MR) is 112 cm³/mol. The Labute approximate surface area is 170 Å². The number of hydrogen-bond donors (Lipinski definition) is 2. The van der Waals surface area contributed by atoms with Gasteiger partial charge in [0.05, 0.1) is 23.0 Å². The van der Waals surface area contributed by atoms with Crippen molar-refractivity contribution in [2.24, 2.45) is 5.92 Å². The van der Waals surface area contributed by atoms with Crippen LogP contribution in [0.1, 0.15) is 20.8 Å². The summed E-state index contributed by atoms with van der Waals surface area (Å²) < 4.78 is 43.3. The van der Waals surface area contributed by atoms with Crippen LogP contribution in [-0.2, 0) is 10.0 Å². The fourth-order valence-electron chi connectivity index (χ4n) is 2.75. The van der Waals surface area contributed by atoms with Gasteiger partial charge in [0.1, 0.15) is 11.6 Å². The summed E-state index contributed by atoms with van der Waals surface area (Å²) in [6, 6.07) is 10.8. The fourth-order valence-corrected chi connectivity index (χ4v) is 4.37. The van der Waals surface area contributed by atoms with Gasteiger partial charge in [0.2, 0.25) is 10.0 Å². The molecule has 0 amide bonds. The van der Waals surface area contributed by atoms with Crippen molar-refractivity contribution in [1.29, 1.82) is 0 Å². The molecule has 1 heterocycles. The SMILES string of the molecule is CC(C)C(C)NS(=O)(=O)c1ccccc1-c1ccc(-c2cnc(N)cn2)c(F)c1. The molecule has 0 spiro atoms. The topological polar surface area (TPSA) is 98.0 Å². The molecule has 0 bridgehead atoms. The maximum absolute atomic E-state index is 14.8. The molecule has 3 N–H and O–H groups in total. The molecule has 1 unspecified atom stereocenters. The normalized spacial score (nSPS) is 12.9. The Morgan fingerprint density at radius 1 is 1.00 bits per heavy atom. The van der Waals surface area contributed by atoms with Crippen LogP contribution < -0.4 is 10.5 Å². The first kappa shape index (κ1) is 20.9. The maximum Gasteiger partial charge on any atom is 0.241 e. The number of hydrogen-bond acceptors (Lipinski definition) is 5. The average molecular weight is 415 g/mol. The highest BCUT2D eigenvalue weighted by atomic mass is 32.2. The number of nitrogens with one attached hydrogen (secondary N) is 1. The molecule has 1 aromatic heterocycles. The molecule has 0 aliphatic heterocycles. The third-order valence-corrected chi connectivity index (χ3v) is 6.36. The maximum atomic E-state index is 14.8. The first-order valence-electron chi connectivity index (χ1n) is 9.18. The minimum atomic E-state index is -3.77. The van der Waals surface area contributed by atoms with Crippen molar-refractivity contribution in [3.8, 4) is 22.4 Å². The molecular formula is C21H23FN4O2S. The number of nitrogens with zero attached hydrogens (tertiary/aromatic N) is 2. The van der Waals surface area contributed by atoms with E-state index in [9.17, 15) is 12.8 Å². The number of benzene rings is 2. The predicted octanol–water partition coefficient (Wildman–Crippen LogP) is 3.85. The first-order chi connectivity index (χ1) is 13.7. The second-order valence-electron chi connectivity index (χ2n) is 7.17. The van der Waals surface area contributed by atoms with Crippen LogP contribution in [0, 0.1) is 11.7 Å². The summed E-state index contributed by atoms with van der Waals surface area (Å²) in [7, 11) is -3.77. The van der Waals surface area contributed by atoms with E-state index in [4.69, 9.17) is 5.73 Å². The third kappa shape index (κ3) is 4.60. The molecule has 8 heteroatoms. The number of anilines is 1. The van der Waals surface area contributed by atoms with E-state index in [0.717, 1.165) is 0 Å². The zero-order valence-electron chi connectivity index (χ0n) is 16.4. The van der Waals surface area contributed by atoms with Crippen LogP contribution in [0.2, 0.25) is 0 Å². The summed E-state index contributed by atoms with van der Waals surface area (Å²) in [6.07, 6.45) is 2.75. The zero-order valence-corrected chi connectivity index (χ0v) is 17.2. The van der Waals surface area contributed by atoms with Gasteiger partial charge >= 0.3 is 0 Å². The van der Waals surface area contributed by atoms with Crippen LogP contribution in [0.25, 0.3) is 22.4 Å². The summed E-state index contributed by atoms with van der Waals surface area (Å²) in [5.74, 6) is -0.153. The Morgan fingerprint density at radius 2 is 1.72 bits per heavy atom. The Morgan fingerprint density at radius 3 is 2.34 bits per heavy atom. The van der Waals surface area contributed by atoms with Gasteiger partial charge in [0.25, 0.3) is 0 Å². The third-order valence-electron chi connectivity index (χ3n) is 4.75. The molecule has 0 saturated carbocycles. The summed E-state index contributed by atoms with van der Waals surface area (Å²) in [4.78, 5) is 8.11. The smallest absolute Gasteiger partial charge is 0.241 e. The molecule has 6 nitrogen and oxygen atoms in total. The van der Waals surface area contributed by atoms with Crippen LogP contribution in [0.5, 0.6) is 0 Å². The van der Waals surface area contributed by atoms with Crippen molar-refractivity contribution in [2.75, 3.05) is 5.73 Å². The lowest BCUT2D eigenvalue weighted by atomic mass is 10.0. The Balaban J connectivity index is 2.02. The summed E-state index contributed by atoms with van der Waals surface area (Å²) in [5, 5.41) is 0. The highest BCUT2D eigenvalue weighted by Gasteiger charge is 2.23. The number of nitrogen functional groups attached to an aromatic ring is 1. The van der Waals surface area contributed by atoms with Gasteiger partial charge in [-0.1, -0.05) is 38.1 Å². The Bertz CT molecular complexity index is 1120. The van der Waals surface area contributed by atoms with E-state index < -0.39 is 15.8 Å². The highest BCUT2D eigenvalue weighted by Crippen LogP contribution is 2.31. The Kier molecular flexibility index (Phi) is 5.95. The second kappa shape index (κ2) is 8.26. The van der Waals surface area contributed by atoms with Crippen molar-refractivity contribution < 1.29 is 12.8 Å². The number of halogens is 1. The monoisotopic (exact) mass is 414 g/mol. The average Bonchev–Trinajstić information content (AvgIpc) is 2.68. The van der Waals surface area contributed by atoms with E-state index in [-0.39, 0.29) is 28.2 Å². The van der Waals surface area contributed by atoms with Crippen LogP contribution >= 0.6 is 0 Å².